The van der Waals surface area contributed by atoms with Gasteiger partial charge in [0.2, 0.25) is 5.91 Å². The number of aliphatic hydroxyl groups is 1. The van der Waals surface area contributed by atoms with Crippen LogP contribution >= 0.6 is 0 Å². The summed E-state index contributed by atoms with van der Waals surface area (Å²) >= 11 is 0. The molecule has 1 amide bonds. The molecule has 0 aromatic heterocycles. The Morgan fingerprint density at radius 3 is 2.45 bits per heavy atom. The highest BCUT2D eigenvalue weighted by Crippen LogP contribution is 2.04. The molecule has 1 aromatic carbocycles. The second-order valence-corrected chi connectivity index (χ2v) is 5.90. The number of piperazine rings is 1. The average Bonchev–Trinajstić information content (AvgIpc) is 2.55. The van der Waals surface area contributed by atoms with E-state index in [1.807, 2.05) is 37.3 Å². The molecule has 22 heavy (non-hydrogen) atoms. The van der Waals surface area contributed by atoms with Crippen molar-refractivity contribution in [2.75, 3.05) is 39.3 Å². The molecule has 1 aliphatic rings. The van der Waals surface area contributed by atoms with Gasteiger partial charge in [-0.05, 0) is 12.0 Å². The summed E-state index contributed by atoms with van der Waals surface area (Å²) in [6, 6.07) is 9.95. The van der Waals surface area contributed by atoms with Gasteiger partial charge in [-0.1, -0.05) is 37.3 Å². The molecule has 1 heterocycles. The molecule has 0 bridgehead atoms. The van der Waals surface area contributed by atoms with E-state index in [1.165, 1.54) is 0 Å². The van der Waals surface area contributed by atoms with Crippen LogP contribution in [0.5, 0.6) is 0 Å². The van der Waals surface area contributed by atoms with Gasteiger partial charge in [0.15, 0.2) is 0 Å². The zero-order valence-corrected chi connectivity index (χ0v) is 13.4. The van der Waals surface area contributed by atoms with E-state index in [4.69, 9.17) is 0 Å². The normalized spacial score (nSPS) is 18.1. The second-order valence-electron chi connectivity index (χ2n) is 5.90. The number of amides is 1. The van der Waals surface area contributed by atoms with Crippen LogP contribution in [0.25, 0.3) is 0 Å². The summed E-state index contributed by atoms with van der Waals surface area (Å²) in [5, 5.41) is 12.6. The van der Waals surface area contributed by atoms with Crippen LogP contribution < -0.4 is 5.32 Å². The largest absolute Gasteiger partial charge is 0.392 e. The fourth-order valence-electron chi connectivity index (χ4n) is 2.61. The van der Waals surface area contributed by atoms with Gasteiger partial charge < -0.3 is 10.4 Å². The molecule has 1 saturated heterocycles. The van der Waals surface area contributed by atoms with E-state index < -0.39 is 0 Å². The van der Waals surface area contributed by atoms with Gasteiger partial charge in [-0.25, -0.2) is 0 Å². The number of carbonyl (C=O) groups excluding carboxylic acids is 1. The molecule has 1 aliphatic heterocycles. The first-order chi connectivity index (χ1) is 10.7. The quantitative estimate of drug-likeness (QED) is 0.778. The summed E-state index contributed by atoms with van der Waals surface area (Å²) in [6.07, 6.45) is 0.558. The van der Waals surface area contributed by atoms with Crippen LogP contribution in [0.3, 0.4) is 0 Å². The Kier molecular flexibility index (Phi) is 6.83. The third-order valence-corrected chi connectivity index (χ3v) is 4.10. The van der Waals surface area contributed by atoms with Crippen molar-refractivity contribution in [3.05, 3.63) is 35.9 Å². The smallest absolute Gasteiger partial charge is 0.234 e. The van der Waals surface area contributed by atoms with Crippen molar-refractivity contribution >= 4 is 5.91 Å². The van der Waals surface area contributed by atoms with Crippen molar-refractivity contribution in [2.45, 2.75) is 26.0 Å². The van der Waals surface area contributed by atoms with Crippen LogP contribution in [0.1, 0.15) is 18.9 Å². The SMILES string of the molecule is CC[C@@H](O)CN1CCN(CC(=O)NCc2ccccc2)CC1. The van der Waals surface area contributed by atoms with Gasteiger partial charge in [0.25, 0.3) is 0 Å². The van der Waals surface area contributed by atoms with E-state index in [0.29, 0.717) is 13.1 Å². The van der Waals surface area contributed by atoms with Gasteiger partial charge in [0.05, 0.1) is 12.6 Å². The Balaban J connectivity index is 1.64. The summed E-state index contributed by atoms with van der Waals surface area (Å²) in [7, 11) is 0. The monoisotopic (exact) mass is 305 g/mol. The van der Waals surface area contributed by atoms with Gasteiger partial charge >= 0.3 is 0 Å². The van der Waals surface area contributed by atoms with Gasteiger partial charge in [-0.3, -0.25) is 14.6 Å². The maximum Gasteiger partial charge on any atom is 0.234 e. The molecule has 0 saturated carbocycles. The molecule has 0 spiro atoms. The van der Waals surface area contributed by atoms with E-state index in [2.05, 4.69) is 15.1 Å². The number of benzene rings is 1. The number of hydrogen-bond acceptors (Lipinski definition) is 4. The lowest BCUT2D eigenvalue weighted by molar-refractivity contribution is -0.122. The van der Waals surface area contributed by atoms with E-state index in [9.17, 15) is 9.90 Å². The highest BCUT2D eigenvalue weighted by molar-refractivity contribution is 5.78. The minimum absolute atomic E-state index is 0.0749. The van der Waals surface area contributed by atoms with Crippen LogP contribution in [0.2, 0.25) is 0 Å². The number of nitrogens with zero attached hydrogens (tertiary/aromatic N) is 2. The molecular weight excluding hydrogens is 278 g/mol. The van der Waals surface area contributed by atoms with Crippen LogP contribution in [-0.4, -0.2) is 66.2 Å². The first-order valence-electron chi connectivity index (χ1n) is 8.10. The maximum atomic E-state index is 12.0. The molecule has 5 nitrogen and oxygen atoms in total. The number of nitrogens with one attached hydrogen (secondary N) is 1. The van der Waals surface area contributed by atoms with Crippen molar-refractivity contribution in [3.8, 4) is 0 Å². The molecule has 0 aliphatic carbocycles. The fraction of sp³-hybridized carbons (Fsp3) is 0.588. The third kappa shape index (κ3) is 5.75. The molecule has 122 valence electrons. The fourth-order valence-corrected chi connectivity index (χ4v) is 2.61. The molecule has 1 atom stereocenters. The Bertz CT molecular complexity index is 444. The van der Waals surface area contributed by atoms with Crippen molar-refractivity contribution in [3.63, 3.8) is 0 Å². The molecule has 5 heteroatoms. The highest BCUT2D eigenvalue weighted by Gasteiger charge is 2.20. The van der Waals surface area contributed by atoms with Crippen LogP contribution in [-0.2, 0) is 11.3 Å². The van der Waals surface area contributed by atoms with Gasteiger partial charge in [-0.15, -0.1) is 0 Å². The number of carbonyl (C=O) groups is 1. The minimum Gasteiger partial charge on any atom is -0.392 e. The topological polar surface area (TPSA) is 55.8 Å². The standard InChI is InChI=1S/C17H27N3O2/c1-2-16(21)13-19-8-10-20(11-9-19)14-17(22)18-12-15-6-4-3-5-7-15/h3-7,16,21H,2,8-14H2,1H3,(H,18,22)/t16-/m1/s1. The maximum absolute atomic E-state index is 12.0. The molecule has 0 radical (unpaired) electrons. The van der Waals surface area contributed by atoms with E-state index in [0.717, 1.165) is 44.7 Å². The van der Waals surface area contributed by atoms with Gasteiger partial charge in [0, 0.05) is 39.3 Å². The number of β-amino-alcohol motifs (C(OH)–C–C–N with tert-alkyl or cyclic N) is 1. The van der Waals surface area contributed by atoms with Gasteiger partial charge in [0.1, 0.15) is 0 Å². The lowest BCUT2D eigenvalue weighted by Crippen LogP contribution is -2.50. The zero-order valence-electron chi connectivity index (χ0n) is 13.4. The van der Waals surface area contributed by atoms with E-state index >= 15 is 0 Å². The van der Waals surface area contributed by atoms with Gasteiger partial charge in [-0.2, -0.15) is 0 Å². The second kappa shape index (κ2) is 8.88. The average molecular weight is 305 g/mol. The summed E-state index contributed by atoms with van der Waals surface area (Å²) in [5.74, 6) is 0.0749. The zero-order chi connectivity index (χ0) is 15.8. The van der Waals surface area contributed by atoms with Crippen molar-refractivity contribution in [1.29, 1.82) is 0 Å². The van der Waals surface area contributed by atoms with Crippen molar-refractivity contribution < 1.29 is 9.90 Å². The lowest BCUT2D eigenvalue weighted by Gasteiger charge is -2.35. The molecule has 1 aromatic rings. The molecular formula is C17H27N3O2. The Morgan fingerprint density at radius 2 is 1.82 bits per heavy atom. The molecule has 1 fully saturated rings. The first-order valence-corrected chi connectivity index (χ1v) is 8.10. The van der Waals surface area contributed by atoms with Crippen LogP contribution in [0.15, 0.2) is 30.3 Å². The summed E-state index contributed by atoms with van der Waals surface area (Å²) in [6.45, 7) is 7.39. The Hall–Kier alpha value is -1.43. The van der Waals surface area contributed by atoms with Crippen LogP contribution in [0, 0.1) is 0 Å². The Labute approximate surface area is 132 Å². The number of aliphatic hydroxyl groups excluding tert-OH is 1. The third-order valence-electron chi connectivity index (χ3n) is 4.10. The molecule has 2 rings (SSSR count). The first kappa shape index (κ1) is 16.9. The summed E-state index contributed by atoms with van der Waals surface area (Å²) < 4.78 is 0. The number of rotatable bonds is 7. The predicted octanol–water partition coefficient (Wildman–Crippen LogP) is 0.691. The van der Waals surface area contributed by atoms with Crippen LogP contribution in [0.4, 0.5) is 0 Å². The Morgan fingerprint density at radius 1 is 1.18 bits per heavy atom. The highest BCUT2D eigenvalue weighted by atomic mass is 16.3. The van der Waals surface area contributed by atoms with Crippen molar-refractivity contribution in [1.82, 2.24) is 15.1 Å². The molecule has 2 N–H and O–H groups in total. The minimum atomic E-state index is -0.235. The lowest BCUT2D eigenvalue weighted by atomic mass is 10.2. The van der Waals surface area contributed by atoms with E-state index in [1.54, 1.807) is 0 Å². The van der Waals surface area contributed by atoms with E-state index in [-0.39, 0.29) is 12.0 Å². The predicted molar refractivity (Wildman–Crippen MR) is 87.5 cm³/mol. The summed E-state index contributed by atoms with van der Waals surface area (Å²) in [4.78, 5) is 16.4. The summed E-state index contributed by atoms with van der Waals surface area (Å²) in [5.41, 5.74) is 1.12. The molecule has 0 unspecified atom stereocenters. The van der Waals surface area contributed by atoms with Crippen molar-refractivity contribution in [2.24, 2.45) is 0 Å². The number of hydrogen-bond donors (Lipinski definition) is 2.